The fourth-order valence-corrected chi connectivity index (χ4v) is 1.66. The average molecular weight is 226 g/mol. The lowest BCUT2D eigenvalue weighted by Gasteiger charge is -2.00. The molecule has 0 saturated carbocycles. The van der Waals surface area contributed by atoms with Crippen LogP contribution in [0.1, 0.15) is 5.56 Å². The van der Waals surface area contributed by atoms with Gasteiger partial charge in [0, 0.05) is 0 Å². The standard InChI is InChI=1S/C7H9NO2S.C3H3O/c1-6-4-2-3-5-7(6)11(8,9)10;1-2-3-4/h2-5H,1H3,(H2,8,9,10);1H,3H2. The van der Waals surface area contributed by atoms with Crippen LogP contribution in [0.2, 0.25) is 0 Å². The van der Waals surface area contributed by atoms with Crippen molar-refractivity contribution in [3.63, 3.8) is 0 Å². The van der Waals surface area contributed by atoms with Gasteiger partial charge in [-0.3, -0.25) is 0 Å². The SMILES string of the molecule is C#CC[O].Cc1ccccc1S(N)(=O)=O. The molecule has 0 aliphatic rings. The van der Waals surface area contributed by atoms with Crippen molar-refractivity contribution in [1.82, 2.24) is 0 Å². The topological polar surface area (TPSA) is 80.1 Å². The van der Waals surface area contributed by atoms with E-state index in [-0.39, 0.29) is 4.90 Å². The molecule has 1 radical (unpaired) electrons. The third-order valence-corrected chi connectivity index (χ3v) is 2.55. The van der Waals surface area contributed by atoms with Crippen molar-refractivity contribution in [3.05, 3.63) is 29.8 Å². The highest BCUT2D eigenvalue weighted by Crippen LogP contribution is 2.10. The molecule has 0 spiro atoms. The molecule has 0 bridgehead atoms. The Morgan fingerprint density at radius 2 is 1.87 bits per heavy atom. The second-order valence-electron chi connectivity index (χ2n) is 2.66. The van der Waals surface area contributed by atoms with Crippen molar-refractivity contribution < 1.29 is 13.5 Å². The maximum Gasteiger partial charge on any atom is 0.238 e. The fourth-order valence-electron chi connectivity index (χ4n) is 0.876. The summed E-state index contributed by atoms with van der Waals surface area (Å²) < 4.78 is 21.7. The zero-order valence-corrected chi connectivity index (χ0v) is 9.12. The Labute approximate surface area is 89.8 Å². The lowest BCUT2D eigenvalue weighted by molar-refractivity contribution is 0.239. The second-order valence-corrected chi connectivity index (χ2v) is 4.19. The molecular formula is C10H12NO3S. The molecule has 0 aliphatic carbocycles. The summed E-state index contributed by atoms with van der Waals surface area (Å²) in [4.78, 5) is 0.194. The van der Waals surface area contributed by atoms with Crippen molar-refractivity contribution in [2.75, 3.05) is 6.61 Å². The summed E-state index contributed by atoms with van der Waals surface area (Å²) in [6, 6.07) is 6.61. The van der Waals surface area contributed by atoms with Gasteiger partial charge in [-0.1, -0.05) is 24.1 Å². The van der Waals surface area contributed by atoms with E-state index >= 15 is 0 Å². The van der Waals surface area contributed by atoms with Crippen LogP contribution in [0, 0.1) is 19.3 Å². The molecule has 0 unspecified atom stereocenters. The van der Waals surface area contributed by atoms with Gasteiger partial charge in [0.15, 0.2) is 0 Å². The highest BCUT2D eigenvalue weighted by molar-refractivity contribution is 7.89. The van der Waals surface area contributed by atoms with Crippen molar-refractivity contribution in [2.24, 2.45) is 5.14 Å². The molecule has 1 rings (SSSR count). The van der Waals surface area contributed by atoms with E-state index in [2.05, 4.69) is 6.42 Å². The van der Waals surface area contributed by atoms with E-state index in [1.54, 1.807) is 25.1 Å². The molecule has 0 saturated heterocycles. The minimum Gasteiger partial charge on any atom is -0.225 e. The third kappa shape index (κ3) is 5.18. The van der Waals surface area contributed by atoms with Crippen LogP contribution in [-0.2, 0) is 15.1 Å². The Hall–Kier alpha value is -1.35. The molecule has 1 aromatic carbocycles. The Morgan fingerprint density at radius 1 is 1.40 bits per heavy atom. The summed E-state index contributed by atoms with van der Waals surface area (Å²) in [5.41, 5.74) is 0.676. The number of hydrogen-bond acceptors (Lipinski definition) is 2. The van der Waals surface area contributed by atoms with Crippen LogP contribution in [0.4, 0.5) is 0 Å². The molecule has 81 valence electrons. The number of nitrogens with two attached hydrogens (primary N) is 1. The number of sulfonamides is 1. The van der Waals surface area contributed by atoms with Crippen LogP contribution in [0.5, 0.6) is 0 Å². The monoisotopic (exact) mass is 226 g/mol. The van der Waals surface area contributed by atoms with Crippen molar-refractivity contribution in [1.29, 1.82) is 0 Å². The van der Waals surface area contributed by atoms with Gasteiger partial charge in [-0.15, -0.1) is 6.42 Å². The van der Waals surface area contributed by atoms with Crippen LogP contribution >= 0.6 is 0 Å². The Morgan fingerprint density at radius 3 is 2.13 bits per heavy atom. The lowest BCUT2D eigenvalue weighted by Crippen LogP contribution is -2.13. The summed E-state index contributed by atoms with van der Waals surface area (Å²) in [7, 11) is -3.53. The van der Waals surface area contributed by atoms with Gasteiger partial charge in [-0.2, -0.15) is 0 Å². The zero-order chi connectivity index (χ0) is 11.9. The van der Waals surface area contributed by atoms with Crippen LogP contribution in [0.25, 0.3) is 0 Å². The lowest BCUT2D eigenvalue weighted by atomic mass is 10.2. The van der Waals surface area contributed by atoms with Gasteiger partial charge in [0.25, 0.3) is 0 Å². The quantitative estimate of drug-likeness (QED) is 0.715. The molecule has 0 aromatic heterocycles. The summed E-state index contributed by atoms with van der Waals surface area (Å²) in [5, 5.41) is 14.0. The van der Waals surface area contributed by atoms with E-state index in [0.717, 1.165) is 0 Å². The molecule has 0 fully saturated rings. The summed E-state index contributed by atoms with van der Waals surface area (Å²) >= 11 is 0. The molecule has 2 N–H and O–H groups in total. The van der Waals surface area contributed by atoms with E-state index in [1.165, 1.54) is 6.07 Å². The normalized spacial score (nSPS) is 9.73. The number of benzene rings is 1. The molecule has 5 heteroatoms. The van der Waals surface area contributed by atoms with Crippen LogP contribution in [-0.4, -0.2) is 15.0 Å². The maximum absolute atomic E-state index is 10.8. The minimum atomic E-state index is -3.53. The molecule has 0 heterocycles. The van der Waals surface area contributed by atoms with E-state index in [1.807, 2.05) is 5.92 Å². The van der Waals surface area contributed by atoms with E-state index in [0.29, 0.717) is 5.56 Å². The molecule has 4 nitrogen and oxygen atoms in total. The number of primary sulfonamides is 1. The largest absolute Gasteiger partial charge is 0.238 e. The van der Waals surface area contributed by atoms with E-state index in [4.69, 9.17) is 10.2 Å². The van der Waals surface area contributed by atoms with E-state index in [9.17, 15) is 8.42 Å². The first kappa shape index (κ1) is 13.7. The van der Waals surface area contributed by atoms with Crippen molar-refractivity contribution in [2.45, 2.75) is 11.8 Å². The summed E-state index contributed by atoms with van der Waals surface area (Å²) in [6.45, 7) is 1.31. The van der Waals surface area contributed by atoms with Gasteiger partial charge >= 0.3 is 0 Å². The van der Waals surface area contributed by atoms with Crippen molar-refractivity contribution >= 4 is 10.0 Å². The molecule has 0 atom stereocenters. The first-order valence-electron chi connectivity index (χ1n) is 4.03. The fraction of sp³-hybridized carbons (Fsp3) is 0.200. The van der Waals surface area contributed by atoms with Crippen molar-refractivity contribution in [3.8, 4) is 12.3 Å². The van der Waals surface area contributed by atoms with Gasteiger partial charge in [-0.05, 0) is 18.6 Å². The van der Waals surface area contributed by atoms with Gasteiger partial charge in [0.1, 0.15) is 6.61 Å². The average Bonchev–Trinajstić information content (AvgIpc) is 2.17. The van der Waals surface area contributed by atoms with Gasteiger partial charge in [0.2, 0.25) is 10.0 Å². The molecule has 15 heavy (non-hydrogen) atoms. The van der Waals surface area contributed by atoms with Gasteiger partial charge < -0.3 is 0 Å². The van der Waals surface area contributed by atoms with Gasteiger partial charge in [-0.25, -0.2) is 18.7 Å². The number of aryl methyl sites for hydroxylation is 1. The van der Waals surface area contributed by atoms with Gasteiger partial charge in [0.05, 0.1) is 4.90 Å². The number of hydrogen-bond donors (Lipinski definition) is 1. The predicted molar refractivity (Wildman–Crippen MR) is 56.9 cm³/mol. The summed E-state index contributed by atoms with van der Waals surface area (Å²) in [5.74, 6) is 1.88. The molecule has 0 amide bonds. The maximum atomic E-state index is 10.8. The molecular weight excluding hydrogens is 214 g/mol. The summed E-state index contributed by atoms with van der Waals surface area (Å²) in [6.07, 6.45) is 4.47. The Balaban J connectivity index is 0.000000423. The highest BCUT2D eigenvalue weighted by atomic mass is 32.2. The smallest absolute Gasteiger partial charge is 0.225 e. The first-order chi connectivity index (χ1) is 6.93. The predicted octanol–water partition coefficient (Wildman–Crippen LogP) is 0.693. The third-order valence-electron chi connectivity index (χ3n) is 1.48. The van der Waals surface area contributed by atoms with Crippen LogP contribution < -0.4 is 5.14 Å². The van der Waals surface area contributed by atoms with E-state index < -0.39 is 16.6 Å². The Bertz CT molecular complexity index is 446. The number of rotatable bonds is 1. The Kier molecular flexibility index (Phi) is 5.64. The van der Waals surface area contributed by atoms with Crippen LogP contribution in [0.3, 0.4) is 0 Å². The zero-order valence-electron chi connectivity index (χ0n) is 8.30. The number of terminal acetylenes is 1. The molecule has 0 aliphatic heterocycles. The second kappa shape index (κ2) is 6.19. The highest BCUT2D eigenvalue weighted by Gasteiger charge is 2.08. The van der Waals surface area contributed by atoms with Crippen LogP contribution in [0.15, 0.2) is 29.2 Å². The first-order valence-corrected chi connectivity index (χ1v) is 5.58. The minimum absolute atomic E-state index is 0.194. The molecule has 1 aromatic rings.